The molecule has 0 aliphatic rings. The minimum atomic E-state index is -3.50. The highest BCUT2D eigenvalue weighted by atomic mass is 31.2. The van der Waals surface area contributed by atoms with Crippen molar-refractivity contribution >= 4 is 7.37 Å². The first-order valence-corrected chi connectivity index (χ1v) is 11.3. The largest absolute Gasteiger partial charge is 0.497 e. The van der Waals surface area contributed by atoms with Crippen LogP contribution in [0.3, 0.4) is 0 Å². The predicted octanol–water partition coefficient (Wildman–Crippen LogP) is 5.00. The van der Waals surface area contributed by atoms with E-state index in [0.717, 1.165) is 22.4 Å². The fraction of sp³-hybridized carbons (Fsp3) is 0.217. The van der Waals surface area contributed by atoms with Crippen LogP contribution < -0.4 is 10.1 Å². The van der Waals surface area contributed by atoms with Gasteiger partial charge in [0.25, 0.3) is 0 Å². The lowest BCUT2D eigenvalue weighted by Gasteiger charge is -2.25. The van der Waals surface area contributed by atoms with Crippen LogP contribution in [0.15, 0.2) is 84.9 Å². The van der Waals surface area contributed by atoms with Gasteiger partial charge in [-0.15, -0.1) is 0 Å². The van der Waals surface area contributed by atoms with Crippen LogP contribution in [0.4, 0.5) is 0 Å². The first-order chi connectivity index (χ1) is 13.6. The standard InChI is InChI=1S/C23H26NO3P/c1-27-22-14-12-21(13-15-22)23(24-18-20-10-6-3-7-11-20)28(25,26)17-16-19-8-4-2-5-9-19/h2-15,23-24H,16-18H2,1H3,(H,25,26)/t23-/m0/s1. The zero-order valence-electron chi connectivity index (χ0n) is 16.0. The van der Waals surface area contributed by atoms with Gasteiger partial charge in [0.15, 0.2) is 0 Å². The number of nitrogens with one attached hydrogen (secondary N) is 1. The van der Waals surface area contributed by atoms with Gasteiger partial charge in [-0.2, -0.15) is 0 Å². The first-order valence-electron chi connectivity index (χ1n) is 9.35. The van der Waals surface area contributed by atoms with Gasteiger partial charge in [0.05, 0.1) is 7.11 Å². The average molecular weight is 395 g/mol. The van der Waals surface area contributed by atoms with Gasteiger partial charge in [0.1, 0.15) is 11.5 Å². The summed E-state index contributed by atoms with van der Waals surface area (Å²) in [6, 6.07) is 27.1. The Hall–Kier alpha value is -2.39. The highest BCUT2D eigenvalue weighted by Gasteiger charge is 2.31. The molecule has 28 heavy (non-hydrogen) atoms. The van der Waals surface area contributed by atoms with Crippen LogP contribution >= 0.6 is 7.37 Å². The predicted molar refractivity (Wildman–Crippen MR) is 114 cm³/mol. The number of benzene rings is 3. The van der Waals surface area contributed by atoms with Gasteiger partial charge in [-0.1, -0.05) is 72.8 Å². The molecule has 0 aromatic heterocycles. The second-order valence-corrected chi connectivity index (χ2v) is 9.23. The van der Waals surface area contributed by atoms with E-state index in [2.05, 4.69) is 5.32 Å². The molecule has 0 heterocycles. The Morgan fingerprint density at radius 3 is 2.04 bits per heavy atom. The summed E-state index contributed by atoms with van der Waals surface area (Å²) >= 11 is 0. The van der Waals surface area contributed by atoms with Gasteiger partial charge in [-0.05, 0) is 35.2 Å². The highest BCUT2D eigenvalue weighted by Crippen LogP contribution is 2.54. The molecule has 5 heteroatoms. The summed E-state index contributed by atoms with van der Waals surface area (Å²) in [5, 5.41) is 3.31. The van der Waals surface area contributed by atoms with Crippen LogP contribution in [0.2, 0.25) is 0 Å². The summed E-state index contributed by atoms with van der Waals surface area (Å²) in [6.45, 7) is 0.521. The van der Waals surface area contributed by atoms with Gasteiger partial charge in [-0.3, -0.25) is 9.88 Å². The van der Waals surface area contributed by atoms with Crippen LogP contribution in [-0.4, -0.2) is 18.2 Å². The average Bonchev–Trinajstić information content (AvgIpc) is 2.74. The molecule has 3 aromatic carbocycles. The molecule has 0 bridgehead atoms. The molecular formula is C23H26NO3P. The van der Waals surface area contributed by atoms with E-state index < -0.39 is 13.2 Å². The molecule has 0 amide bonds. The van der Waals surface area contributed by atoms with Crippen molar-refractivity contribution in [3.05, 3.63) is 102 Å². The molecular weight excluding hydrogens is 369 g/mol. The summed E-state index contributed by atoms with van der Waals surface area (Å²) in [4.78, 5) is 11.0. The topological polar surface area (TPSA) is 58.6 Å². The summed E-state index contributed by atoms with van der Waals surface area (Å²) in [5.41, 5.74) is 2.92. The number of hydrogen-bond donors (Lipinski definition) is 2. The Morgan fingerprint density at radius 2 is 1.46 bits per heavy atom. The molecule has 1 unspecified atom stereocenters. The van der Waals surface area contributed by atoms with Crippen LogP contribution in [0, 0.1) is 0 Å². The Labute approximate surface area is 166 Å². The van der Waals surface area contributed by atoms with Gasteiger partial charge >= 0.3 is 0 Å². The fourth-order valence-electron chi connectivity index (χ4n) is 3.15. The number of rotatable bonds is 9. The fourth-order valence-corrected chi connectivity index (χ4v) is 5.00. The normalized spacial score (nSPS) is 14.2. The van der Waals surface area contributed by atoms with E-state index in [9.17, 15) is 9.46 Å². The first kappa shape index (κ1) is 20.3. The van der Waals surface area contributed by atoms with Crippen molar-refractivity contribution in [1.82, 2.24) is 5.32 Å². The maximum absolute atomic E-state index is 13.3. The van der Waals surface area contributed by atoms with Crippen molar-refractivity contribution in [1.29, 1.82) is 0 Å². The Balaban J connectivity index is 1.79. The lowest BCUT2D eigenvalue weighted by Crippen LogP contribution is -2.22. The van der Waals surface area contributed by atoms with Crippen LogP contribution in [0.5, 0.6) is 5.75 Å². The second-order valence-electron chi connectivity index (χ2n) is 6.76. The SMILES string of the molecule is COc1ccc([C@@H](NCc2ccccc2)P(=O)(O)CCc2ccccc2)cc1. The van der Waals surface area contributed by atoms with E-state index in [-0.39, 0.29) is 6.16 Å². The van der Waals surface area contributed by atoms with Crippen molar-refractivity contribution < 1.29 is 14.2 Å². The summed E-state index contributed by atoms with van der Waals surface area (Å²) in [7, 11) is -1.89. The van der Waals surface area contributed by atoms with Gasteiger partial charge in [0.2, 0.25) is 7.37 Å². The molecule has 0 fully saturated rings. The van der Waals surface area contributed by atoms with Gasteiger partial charge < -0.3 is 9.63 Å². The van der Waals surface area contributed by atoms with E-state index >= 15 is 0 Å². The van der Waals surface area contributed by atoms with E-state index in [1.807, 2.05) is 84.9 Å². The molecule has 4 nitrogen and oxygen atoms in total. The number of aryl methyl sites for hydroxylation is 1. The summed E-state index contributed by atoms with van der Waals surface area (Å²) < 4.78 is 18.5. The van der Waals surface area contributed by atoms with Crippen molar-refractivity contribution in [2.24, 2.45) is 0 Å². The van der Waals surface area contributed by atoms with E-state index in [0.29, 0.717) is 13.0 Å². The molecule has 2 N–H and O–H groups in total. The Morgan fingerprint density at radius 1 is 0.893 bits per heavy atom. The molecule has 146 valence electrons. The Bertz CT molecular complexity index is 898. The molecule has 0 saturated heterocycles. The molecule has 0 aliphatic heterocycles. The maximum atomic E-state index is 13.3. The molecule has 0 spiro atoms. The zero-order chi connectivity index (χ0) is 19.8. The third-order valence-electron chi connectivity index (χ3n) is 4.74. The third-order valence-corrected chi connectivity index (χ3v) is 6.89. The van der Waals surface area contributed by atoms with Crippen molar-refractivity contribution in [3.8, 4) is 5.75 Å². The van der Waals surface area contributed by atoms with Crippen molar-refractivity contribution in [2.45, 2.75) is 18.7 Å². The second kappa shape index (κ2) is 9.70. The zero-order valence-corrected chi connectivity index (χ0v) is 16.9. The van der Waals surface area contributed by atoms with Crippen LogP contribution in [-0.2, 0) is 17.5 Å². The summed E-state index contributed by atoms with van der Waals surface area (Å²) in [5.74, 6) is 0.0879. The molecule has 0 saturated carbocycles. The van der Waals surface area contributed by atoms with Crippen LogP contribution in [0.25, 0.3) is 0 Å². The van der Waals surface area contributed by atoms with Crippen molar-refractivity contribution in [3.63, 3.8) is 0 Å². The lowest BCUT2D eigenvalue weighted by atomic mass is 10.2. The molecule has 0 radical (unpaired) electrons. The smallest absolute Gasteiger partial charge is 0.221 e. The third kappa shape index (κ3) is 5.56. The summed E-state index contributed by atoms with van der Waals surface area (Å²) in [6.07, 6.45) is 0.782. The van der Waals surface area contributed by atoms with E-state index in [1.54, 1.807) is 7.11 Å². The van der Waals surface area contributed by atoms with Crippen molar-refractivity contribution in [2.75, 3.05) is 13.3 Å². The lowest BCUT2D eigenvalue weighted by molar-refractivity contribution is 0.414. The van der Waals surface area contributed by atoms with E-state index in [4.69, 9.17) is 4.74 Å². The monoisotopic (exact) mass is 395 g/mol. The minimum Gasteiger partial charge on any atom is -0.497 e. The molecule has 3 aromatic rings. The molecule has 0 aliphatic carbocycles. The van der Waals surface area contributed by atoms with E-state index in [1.165, 1.54) is 0 Å². The molecule has 3 rings (SSSR count). The number of hydrogen-bond acceptors (Lipinski definition) is 3. The number of ether oxygens (including phenoxy) is 1. The Kier molecular flexibility index (Phi) is 7.05. The highest BCUT2D eigenvalue weighted by molar-refractivity contribution is 7.58. The number of methoxy groups -OCH3 is 1. The maximum Gasteiger partial charge on any atom is 0.221 e. The van der Waals surface area contributed by atoms with Gasteiger partial charge in [-0.25, -0.2) is 0 Å². The quantitative estimate of drug-likeness (QED) is 0.501. The van der Waals surface area contributed by atoms with Crippen LogP contribution in [0.1, 0.15) is 22.5 Å². The van der Waals surface area contributed by atoms with Gasteiger partial charge in [0, 0.05) is 12.7 Å². The molecule has 2 atom stereocenters. The minimum absolute atomic E-state index is 0.218.